The highest BCUT2D eigenvalue weighted by Crippen LogP contribution is 2.31. The van der Waals surface area contributed by atoms with Crippen LogP contribution >= 0.6 is 23.2 Å². The van der Waals surface area contributed by atoms with Crippen LogP contribution < -0.4 is 0 Å². The van der Waals surface area contributed by atoms with E-state index in [2.05, 4.69) is 0 Å². The van der Waals surface area contributed by atoms with Crippen molar-refractivity contribution in [3.05, 3.63) is 75.7 Å². The van der Waals surface area contributed by atoms with Crippen LogP contribution in [-0.2, 0) is 11.2 Å². The van der Waals surface area contributed by atoms with E-state index in [1.807, 2.05) is 30.3 Å². The molecular weight excluding hydrogens is 335 g/mol. The smallest absolute Gasteiger partial charge is 0.328 e. The van der Waals surface area contributed by atoms with E-state index in [4.69, 9.17) is 32.7 Å². The molecule has 1 N–H and O–H groups in total. The van der Waals surface area contributed by atoms with Gasteiger partial charge >= 0.3 is 5.97 Å². The third-order valence-electron chi connectivity index (χ3n) is 3.47. The normalized spacial score (nSPS) is 11.4. The Kier molecular flexibility index (Phi) is 4.42. The van der Waals surface area contributed by atoms with Crippen molar-refractivity contribution in [2.45, 2.75) is 6.42 Å². The Balaban J connectivity index is 2.05. The van der Waals surface area contributed by atoms with Crippen LogP contribution in [0.25, 0.3) is 16.8 Å². The summed E-state index contributed by atoms with van der Waals surface area (Å²) in [6, 6.07) is 13.0. The van der Waals surface area contributed by atoms with Gasteiger partial charge in [0.25, 0.3) is 0 Å². The Hall–Kier alpha value is -2.23. The largest absolute Gasteiger partial charge is 0.478 e. The molecule has 3 rings (SSSR count). The standard InChI is InChI=1S/C18H12Cl2O3/c19-12-6-5-11(15(20)10-12)9-17-14-4-2-1-3-13(14)16(23-17)7-8-18(21)22/h1-8,10H,9H2,(H,21,22)/b8-7+. The van der Waals surface area contributed by atoms with Crippen molar-refractivity contribution in [2.24, 2.45) is 0 Å². The summed E-state index contributed by atoms with van der Waals surface area (Å²) in [7, 11) is 0. The van der Waals surface area contributed by atoms with Crippen LogP contribution in [0.2, 0.25) is 10.0 Å². The highest BCUT2D eigenvalue weighted by Gasteiger charge is 2.13. The Morgan fingerprint density at radius 3 is 2.57 bits per heavy atom. The van der Waals surface area contributed by atoms with Gasteiger partial charge in [0.15, 0.2) is 0 Å². The minimum Gasteiger partial charge on any atom is -0.478 e. The quantitative estimate of drug-likeness (QED) is 0.641. The van der Waals surface area contributed by atoms with Gasteiger partial charge < -0.3 is 9.52 Å². The number of hydrogen-bond donors (Lipinski definition) is 1. The van der Waals surface area contributed by atoms with Gasteiger partial charge in [0.1, 0.15) is 11.5 Å². The van der Waals surface area contributed by atoms with E-state index in [-0.39, 0.29) is 0 Å². The summed E-state index contributed by atoms with van der Waals surface area (Å²) in [5, 5.41) is 11.7. The molecule has 0 aliphatic rings. The second-order valence-corrected chi connectivity index (χ2v) is 5.86. The topological polar surface area (TPSA) is 50.4 Å². The second-order valence-electron chi connectivity index (χ2n) is 5.02. The van der Waals surface area contributed by atoms with E-state index in [0.29, 0.717) is 22.2 Å². The highest BCUT2D eigenvalue weighted by atomic mass is 35.5. The lowest BCUT2D eigenvalue weighted by Gasteiger charge is -2.03. The summed E-state index contributed by atoms with van der Waals surface area (Å²) in [6.45, 7) is 0. The first-order valence-electron chi connectivity index (χ1n) is 6.90. The number of furan rings is 1. The van der Waals surface area contributed by atoms with Gasteiger partial charge in [-0.25, -0.2) is 4.79 Å². The molecule has 0 fully saturated rings. The number of hydrogen-bond acceptors (Lipinski definition) is 2. The number of rotatable bonds is 4. The number of carbonyl (C=O) groups is 1. The van der Waals surface area contributed by atoms with Crippen molar-refractivity contribution >= 4 is 46.0 Å². The molecule has 0 radical (unpaired) electrons. The zero-order valence-electron chi connectivity index (χ0n) is 11.9. The molecule has 0 aliphatic carbocycles. The average Bonchev–Trinajstić information content (AvgIpc) is 2.86. The van der Waals surface area contributed by atoms with Gasteiger partial charge in [0.05, 0.1) is 0 Å². The van der Waals surface area contributed by atoms with E-state index in [9.17, 15) is 4.79 Å². The minimum atomic E-state index is -1.02. The first kappa shape index (κ1) is 15.7. The fraction of sp³-hybridized carbons (Fsp3) is 0.0556. The van der Waals surface area contributed by atoms with E-state index in [0.717, 1.165) is 28.2 Å². The Morgan fingerprint density at radius 2 is 1.87 bits per heavy atom. The Labute approximate surface area is 142 Å². The van der Waals surface area contributed by atoms with Crippen LogP contribution in [0.15, 0.2) is 53.0 Å². The van der Waals surface area contributed by atoms with Gasteiger partial charge in [-0.05, 0) is 23.8 Å². The molecule has 1 aromatic heterocycles. The molecule has 2 aromatic carbocycles. The molecule has 3 nitrogen and oxygen atoms in total. The molecule has 0 atom stereocenters. The summed E-state index contributed by atoms with van der Waals surface area (Å²) >= 11 is 12.1. The molecular formula is C18H12Cl2O3. The van der Waals surface area contributed by atoms with Crippen molar-refractivity contribution in [1.82, 2.24) is 0 Å². The maximum Gasteiger partial charge on any atom is 0.328 e. The van der Waals surface area contributed by atoms with E-state index >= 15 is 0 Å². The van der Waals surface area contributed by atoms with Gasteiger partial charge in [0, 0.05) is 33.3 Å². The highest BCUT2D eigenvalue weighted by molar-refractivity contribution is 6.35. The predicted molar refractivity (Wildman–Crippen MR) is 92.2 cm³/mol. The molecule has 0 saturated heterocycles. The third kappa shape index (κ3) is 3.41. The first-order valence-corrected chi connectivity index (χ1v) is 7.65. The lowest BCUT2D eigenvalue weighted by Crippen LogP contribution is -1.88. The lowest BCUT2D eigenvalue weighted by atomic mass is 10.1. The SMILES string of the molecule is O=C(O)/C=C/c1oc(Cc2ccc(Cl)cc2Cl)c2ccccc12. The van der Waals surface area contributed by atoms with Crippen LogP contribution in [0, 0.1) is 0 Å². The van der Waals surface area contributed by atoms with E-state index in [1.165, 1.54) is 6.08 Å². The number of aliphatic carboxylic acids is 1. The predicted octanol–water partition coefficient (Wildman–Crippen LogP) is 5.43. The van der Waals surface area contributed by atoms with Crippen molar-refractivity contribution in [2.75, 3.05) is 0 Å². The summed E-state index contributed by atoms with van der Waals surface area (Å²) in [5.41, 5.74) is 0.893. The van der Waals surface area contributed by atoms with Gasteiger partial charge in [-0.2, -0.15) is 0 Å². The molecule has 3 aromatic rings. The lowest BCUT2D eigenvalue weighted by molar-refractivity contribution is -0.131. The Morgan fingerprint density at radius 1 is 1.13 bits per heavy atom. The van der Waals surface area contributed by atoms with Gasteiger partial charge in [-0.3, -0.25) is 0 Å². The molecule has 23 heavy (non-hydrogen) atoms. The second kappa shape index (κ2) is 6.49. The van der Waals surface area contributed by atoms with E-state index < -0.39 is 5.97 Å². The van der Waals surface area contributed by atoms with Crippen LogP contribution in [0.5, 0.6) is 0 Å². The molecule has 0 bridgehead atoms. The number of fused-ring (bicyclic) bond motifs is 1. The Bertz CT molecular complexity index is 910. The molecule has 0 spiro atoms. The number of benzene rings is 2. The summed E-state index contributed by atoms with van der Waals surface area (Å²) in [6.07, 6.45) is 3.01. The first-order chi connectivity index (χ1) is 11.0. The monoisotopic (exact) mass is 346 g/mol. The average molecular weight is 347 g/mol. The molecule has 0 aliphatic heterocycles. The zero-order chi connectivity index (χ0) is 16.4. The molecule has 0 amide bonds. The van der Waals surface area contributed by atoms with Crippen LogP contribution in [0.4, 0.5) is 0 Å². The number of halogens is 2. The zero-order valence-corrected chi connectivity index (χ0v) is 13.4. The van der Waals surface area contributed by atoms with Crippen molar-refractivity contribution in [3.63, 3.8) is 0 Å². The van der Waals surface area contributed by atoms with Gasteiger partial charge in [-0.15, -0.1) is 0 Å². The maximum absolute atomic E-state index is 10.7. The third-order valence-corrected chi connectivity index (χ3v) is 4.06. The molecule has 1 heterocycles. The van der Waals surface area contributed by atoms with Crippen molar-refractivity contribution < 1.29 is 14.3 Å². The molecule has 5 heteroatoms. The van der Waals surface area contributed by atoms with Crippen LogP contribution in [0.1, 0.15) is 17.1 Å². The number of carboxylic acids is 1. The van der Waals surface area contributed by atoms with Gasteiger partial charge in [-0.1, -0.05) is 53.5 Å². The van der Waals surface area contributed by atoms with Crippen LogP contribution in [0.3, 0.4) is 0 Å². The van der Waals surface area contributed by atoms with E-state index in [1.54, 1.807) is 12.1 Å². The number of carboxylic acid groups (broad SMARTS) is 1. The van der Waals surface area contributed by atoms with Crippen molar-refractivity contribution in [3.8, 4) is 0 Å². The fourth-order valence-corrected chi connectivity index (χ4v) is 2.90. The summed E-state index contributed by atoms with van der Waals surface area (Å²) in [4.78, 5) is 10.7. The summed E-state index contributed by atoms with van der Waals surface area (Å²) in [5.74, 6) is 0.228. The van der Waals surface area contributed by atoms with Gasteiger partial charge in [0.2, 0.25) is 0 Å². The van der Waals surface area contributed by atoms with Crippen LogP contribution in [-0.4, -0.2) is 11.1 Å². The minimum absolute atomic E-state index is 0.497. The summed E-state index contributed by atoms with van der Waals surface area (Å²) < 4.78 is 5.86. The molecule has 116 valence electrons. The fourth-order valence-electron chi connectivity index (χ4n) is 2.42. The molecule has 0 saturated carbocycles. The maximum atomic E-state index is 10.7. The van der Waals surface area contributed by atoms with Crippen molar-refractivity contribution in [1.29, 1.82) is 0 Å². The molecule has 0 unspecified atom stereocenters.